The topological polar surface area (TPSA) is 89.6 Å². The van der Waals surface area contributed by atoms with Crippen LogP contribution in [0.5, 0.6) is 0 Å². The van der Waals surface area contributed by atoms with Crippen molar-refractivity contribution in [3.8, 4) is 11.1 Å². The van der Waals surface area contributed by atoms with E-state index in [9.17, 15) is 9.59 Å². The first-order chi connectivity index (χ1) is 22.9. The number of para-hydroxylation sites is 1. The lowest BCUT2D eigenvalue weighted by atomic mass is 10.0. The molecule has 2 fully saturated rings. The van der Waals surface area contributed by atoms with Gasteiger partial charge in [0.1, 0.15) is 6.10 Å². The van der Waals surface area contributed by atoms with Gasteiger partial charge in [-0.2, -0.15) is 0 Å². The summed E-state index contributed by atoms with van der Waals surface area (Å²) in [5.74, 6) is 1.16. The number of hydrogen-bond donors (Lipinski definition) is 1. The van der Waals surface area contributed by atoms with E-state index in [0.717, 1.165) is 62.1 Å². The Morgan fingerprint density at radius 1 is 0.851 bits per heavy atom. The minimum Gasteiger partial charge on any atom is -0.446 e. The Balaban J connectivity index is 0.957. The van der Waals surface area contributed by atoms with Gasteiger partial charge in [0.15, 0.2) is 6.29 Å². The van der Waals surface area contributed by atoms with Crippen LogP contribution in [-0.4, -0.2) is 94.9 Å². The Kier molecular flexibility index (Phi) is 12.8. The van der Waals surface area contributed by atoms with E-state index in [1.807, 2.05) is 54.6 Å². The van der Waals surface area contributed by atoms with Crippen LogP contribution in [-0.2, 0) is 36.6 Å². The lowest BCUT2D eigenvalue weighted by Crippen LogP contribution is -2.36. The van der Waals surface area contributed by atoms with Gasteiger partial charge in [-0.15, -0.1) is 0 Å². The van der Waals surface area contributed by atoms with Gasteiger partial charge in [-0.3, -0.25) is 10.1 Å². The molecule has 2 amide bonds. The summed E-state index contributed by atoms with van der Waals surface area (Å²) in [7, 11) is 4.86. The van der Waals surface area contributed by atoms with Gasteiger partial charge in [0.2, 0.25) is 5.91 Å². The van der Waals surface area contributed by atoms with Crippen LogP contribution in [0, 0.1) is 11.8 Å². The van der Waals surface area contributed by atoms with Crippen molar-refractivity contribution in [2.24, 2.45) is 11.8 Å². The van der Waals surface area contributed by atoms with E-state index in [4.69, 9.17) is 18.9 Å². The van der Waals surface area contributed by atoms with Gasteiger partial charge in [0.05, 0.1) is 31.9 Å². The zero-order valence-electron chi connectivity index (χ0n) is 27.9. The van der Waals surface area contributed by atoms with Crippen LogP contribution in [0.25, 0.3) is 11.1 Å². The number of carbonyl (C=O) groups excluding carboxylic acids is 2. The van der Waals surface area contributed by atoms with E-state index in [-0.39, 0.29) is 18.1 Å². The van der Waals surface area contributed by atoms with E-state index in [0.29, 0.717) is 38.0 Å². The SMILES string of the molecule is COC(CN(C)C(=O)CCOCCc1ccc(CCN2CC3CC(OC(=O)Nc4ccccc4-c4ccccc4)C[C@H]3C2)cc1)OC. The molecule has 1 saturated heterocycles. The molecule has 5 rings (SSSR count). The molecular weight excluding hydrogens is 594 g/mol. The standard InChI is InChI=1S/C38H49N3O6/c1-40(27-37(44-2)45-3)36(42)19-22-46-21-18-29-15-13-28(14-16-29)17-20-41-25-31-23-33(24-32(31)26-41)47-38(43)39-35-12-8-7-11-34(35)30-9-5-4-6-10-30/h4-16,31-33,37H,17-27H2,1-3H3,(H,39,43)/t31-,32?,33?/m0/s1. The molecule has 3 atom stereocenters. The van der Waals surface area contributed by atoms with Gasteiger partial charge in [-0.25, -0.2) is 4.79 Å². The highest BCUT2D eigenvalue weighted by molar-refractivity contribution is 5.91. The van der Waals surface area contributed by atoms with Crippen molar-refractivity contribution in [2.45, 2.75) is 44.5 Å². The fourth-order valence-electron chi connectivity index (χ4n) is 6.75. The van der Waals surface area contributed by atoms with Crippen molar-refractivity contribution in [1.82, 2.24) is 9.80 Å². The number of nitrogens with zero attached hydrogens (tertiary/aromatic N) is 2. The number of ether oxygens (including phenoxy) is 4. The quantitative estimate of drug-likeness (QED) is 0.154. The Morgan fingerprint density at radius 2 is 1.49 bits per heavy atom. The maximum absolute atomic E-state index is 12.8. The number of carbonyl (C=O) groups is 2. The third-order valence-electron chi connectivity index (χ3n) is 9.42. The van der Waals surface area contributed by atoms with Crippen molar-refractivity contribution in [2.75, 3.05) is 66.0 Å². The summed E-state index contributed by atoms with van der Waals surface area (Å²) in [6, 6.07) is 26.7. The monoisotopic (exact) mass is 643 g/mol. The number of amides is 2. The van der Waals surface area contributed by atoms with Crippen molar-refractivity contribution >= 4 is 17.7 Å². The summed E-state index contributed by atoms with van der Waals surface area (Å²) in [5, 5.41) is 2.99. The van der Waals surface area contributed by atoms with Crippen molar-refractivity contribution in [1.29, 1.82) is 0 Å². The third-order valence-corrected chi connectivity index (χ3v) is 9.42. The molecule has 1 aliphatic heterocycles. The molecule has 0 bridgehead atoms. The molecule has 252 valence electrons. The largest absolute Gasteiger partial charge is 0.446 e. The fraction of sp³-hybridized carbons (Fsp3) is 0.474. The molecule has 9 heteroatoms. The normalized spacial score (nSPS) is 19.1. The lowest BCUT2D eigenvalue weighted by Gasteiger charge is -2.22. The number of anilines is 1. The van der Waals surface area contributed by atoms with Crippen molar-refractivity contribution in [3.63, 3.8) is 0 Å². The molecule has 0 spiro atoms. The average Bonchev–Trinajstić information content (AvgIpc) is 3.65. The highest BCUT2D eigenvalue weighted by atomic mass is 16.7. The summed E-state index contributed by atoms with van der Waals surface area (Å²) in [6.07, 6.45) is 3.20. The van der Waals surface area contributed by atoms with Crippen LogP contribution in [0.3, 0.4) is 0 Å². The van der Waals surface area contributed by atoms with Gasteiger partial charge in [0, 0.05) is 46.5 Å². The maximum Gasteiger partial charge on any atom is 0.411 e. The summed E-state index contributed by atoms with van der Waals surface area (Å²) >= 11 is 0. The summed E-state index contributed by atoms with van der Waals surface area (Å²) < 4.78 is 21.9. The van der Waals surface area contributed by atoms with E-state index in [1.54, 1.807) is 26.2 Å². The fourth-order valence-corrected chi connectivity index (χ4v) is 6.75. The highest BCUT2D eigenvalue weighted by Gasteiger charge is 2.42. The van der Waals surface area contributed by atoms with Crippen LogP contribution in [0.1, 0.15) is 30.4 Å². The predicted molar refractivity (Wildman–Crippen MR) is 183 cm³/mol. The Hall–Kier alpha value is -3.76. The average molecular weight is 644 g/mol. The molecule has 0 radical (unpaired) electrons. The van der Waals surface area contributed by atoms with Crippen LogP contribution in [0.4, 0.5) is 10.5 Å². The second-order valence-electron chi connectivity index (χ2n) is 12.7. The summed E-state index contributed by atoms with van der Waals surface area (Å²) in [5.41, 5.74) is 5.37. The molecule has 2 unspecified atom stereocenters. The zero-order valence-corrected chi connectivity index (χ0v) is 27.9. The highest BCUT2D eigenvalue weighted by Crippen LogP contribution is 2.39. The van der Waals surface area contributed by atoms with Crippen LogP contribution in [0.2, 0.25) is 0 Å². The Morgan fingerprint density at radius 3 is 2.17 bits per heavy atom. The number of likely N-dealkylation sites (N-methyl/N-ethyl adjacent to an activating group) is 1. The molecule has 0 aromatic heterocycles. The molecule has 1 heterocycles. The summed E-state index contributed by atoms with van der Waals surface area (Å²) in [6.45, 7) is 4.53. The number of fused-ring (bicyclic) bond motifs is 1. The van der Waals surface area contributed by atoms with Crippen molar-refractivity contribution < 1.29 is 28.5 Å². The Bertz CT molecular complexity index is 1400. The van der Waals surface area contributed by atoms with Gasteiger partial charge < -0.3 is 28.7 Å². The molecule has 1 N–H and O–H groups in total. The number of likely N-dealkylation sites (tertiary alicyclic amines) is 1. The van der Waals surface area contributed by atoms with E-state index in [1.165, 1.54) is 11.1 Å². The van der Waals surface area contributed by atoms with E-state index >= 15 is 0 Å². The first-order valence-corrected chi connectivity index (χ1v) is 16.7. The van der Waals surface area contributed by atoms with Crippen LogP contribution >= 0.6 is 0 Å². The van der Waals surface area contributed by atoms with Gasteiger partial charge in [-0.05, 0) is 60.3 Å². The number of methoxy groups -OCH3 is 2. The lowest BCUT2D eigenvalue weighted by molar-refractivity contribution is -0.143. The number of nitrogens with one attached hydrogen (secondary N) is 1. The van der Waals surface area contributed by atoms with Gasteiger partial charge >= 0.3 is 6.09 Å². The number of benzene rings is 3. The minimum atomic E-state index is -0.423. The van der Waals surface area contributed by atoms with E-state index in [2.05, 4.69) is 34.5 Å². The van der Waals surface area contributed by atoms with Crippen LogP contribution < -0.4 is 5.32 Å². The third kappa shape index (κ3) is 10.1. The second-order valence-corrected chi connectivity index (χ2v) is 12.7. The summed E-state index contributed by atoms with van der Waals surface area (Å²) in [4.78, 5) is 29.3. The maximum atomic E-state index is 12.8. The van der Waals surface area contributed by atoms with Gasteiger partial charge in [-0.1, -0.05) is 72.8 Å². The molecule has 1 saturated carbocycles. The molecule has 3 aromatic rings. The van der Waals surface area contributed by atoms with Crippen LogP contribution in [0.15, 0.2) is 78.9 Å². The molecule has 2 aliphatic rings. The minimum absolute atomic E-state index is 0.00674. The second kappa shape index (κ2) is 17.4. The molecular formula is C38H49N3O6. The molecule has 1 aliphatic carbocycles. The first-order valence-electron chi connectivity index (χ1n) is 16.7. The molecule has 3 aromatic carbocycles. The molecule has 47 heavy (non-hydrogen) atoms. The molecule has 9 nitrogen and oxygen atoms in total. The van der Waals surface area contributed by atoms with Crippen molar-refractivity contribution in [3.05, 3.63) is 90.0 Å². The Labute approximate surface area is 279 Å². The van der Waals surface area contributed by atoms with Gasteiger partial charge in [0.25, 0.3) is 0 Å². The first kappa shape index (κ1) is 34.6. The zero-order chi connectivity index (χ0) is 33.0. The smallest absolute Gasteiger partial charge is 0.411 e. The van der Waals surface area contributed by atoms with E-state index < -0.39 is 6.29 Å². The predicted octanol–water partition coefficient (Wildman–Crippen LogP) is 5.88. The number of hydrogen-bond acceptors (Lipinski definition) is 7. The number of rotatable bonds is 16.